The van der Waals surface area contributed by atoms with Crippen LogP contribution in [0.5, 0.6) is 11.5 Å². The maximum atomic E-state index is 13.0. The number of rotatable bonds is 11. The second-order valence-electron chi connectivity index (χ2n) is 6.12. The van der Waals surface area contributed by atoms with E-state index >= 15 is 0 Å². The Morgan fingerprint density at radius 1 is 1.00 bits per heavy atom. The van der Waals surface area contributed by atoms with E-state index in [1.807, 2.05) is 13.0 Å². The lowest BCUT2D eigenvalue weighted by atomic mass is 10.2. The van der Waals surface area contributed by atoms with E-state index in [9.17, 15) is 4.39 Å². The van der Waals surface area contributed by atoms with Crippen molar-refractivity contribution in [2.75, 3.05) is 13.2 Å². The minimum atomic E-state index is -0.261. The van der Waals surface area contributed by atoms with Crippen LogP contribution in [0.2, 0.25) is 5.02 Å². The Balaban J connectivity index is 2.03. The van der Waals surface area contributed by atoms with Gasteiger partial charge in [0.1, 0.15) is 12.4 Å². The van der Waals surface area contributed by atoms with Gasteiger partial charge in [-0.05, 0) is 49.2 Å². The molecule has 0 aliphatic heterocycles. The van der Waals surface area contributed by atoms with Crippen molar-refractivity contribution in [2.24, 2.45) is 0 Å². The van der Waals surface area contributed by atoms with Crippen LogP contribution in [0.15, 0.2) is 36.4 Å². The molecule has 0 saturated heterocycles. The minimum Gasteiger partial charge on any atom is -0.490 e. The standard InChI is InChI=1S/C21H27ClFNO2/c1-3-5-6-11-24-14-17-12-20(25-4-2)21(13-19(17)22)26-15-16-7-9-18(23)10-8-16/h7-10,12-13,24H,3-6,11,14-15H2,1-2H3. The highest BCUT2D eigenvalue weighted by molar-refractivity contribution is 6.31. The lowest BCUT2D eigenvalue weighted by Gasteiger charge is -2.15. The molecule has 2 rings (SSSR count). The number of nitrogens with one attached hydrogen (secondary N) is 1. The summed E-state index contributed by atoms with van der Waals surface area (Å²) in [7, 11) is 0. The maximum Gasteiger partial charge on any atom is 0.163 e. The number of ether oxygens (including phenoxy) is 2. The van der Waals surface area contributed by atoms with Gasteiger partial charge in [-0.2, -0.15) is 0 Å². The van der Waals surface area contributed by atoms with E-state index < -0.39 is 0 Å². The van der Waals surface area contributed by atoms with Crippen molar-refractivity contribution in [3.05, 3.63) is 58.4 Å². The number of hydrogen-bond acceptors (Lipinski definition) is 3. The first-order valence-electron chi connectivity index (χ1n) is 9.17. The van der Waals surface area contributed by atoms with Gasteiger partial charge in [0.05, 0.1) is 6.61 Å². The predicted octanol–water partition coefficient (Wildman–Crippen LogP) is 5.74. The van der Waals surface area contributed by atoms with E-state index in [1.54, 1.807) is 18.2 Å². The van der Waals surface area contributed by atoms with Gasteiger partial charge >= 0.3 is 0 Å². The molecule has 5 heteroatoms. The van der Waals surface area contributed by atoms with Gasteiger partial charge in [0, 0.05) is 17.6 Å². The second-order valence-corrected chi connectivity index (χ2v) is 6.53. The zero-order valence-corrected chi connectivity index (χ0v) is 16.2. The molecule has 0 aliphatic rings. The Morgan fingerprint density at radius 2 is 1.73 bits per heavy atom. The van der Waals surface area contributed by atoms with Gasteiger partial charge in [-0.15, -0.1) is 0 Å². The Kier molecular flexibility index (Phi) is 8.72. The van der Waals surface area contributed by atoms with Gasteiger partial charge in [-0.3, -0.25) is 0 Å². The van der Waals surface area contributed by atoms with Crippen molar-refractivity contribution >= 4 is 11.6 Å². The Hall–Kier alpha value is -1.78. The molecule has 0 bridgehead atoms. The largest absolute Gasteiger partial charge is 0.490 e. The Labute approximate surface area is 160 Å². The van der Waals surface area contributed by atoms with Crippen LogP contribution in [0.3, 0.4) is 0 Å². The first kappa shape index (κ1) is 20.5. The van der Waals surface area contributed by atoms with Gasteiger partial charge in [-0.1, -0.05) is 43.5 Å². The summed E-state index contributed by atoms with van der Waals surface area (Å²) in [6.07, 6.45) is 3.59. The quantitative estimate of drug-likeness (QED) is 0.505. The third-order valence-corrected chi connectivity index (χ3v) is 4.34. The number of unbranched alkanes of at least 4 members (excludes halogenated alkanes) is 2. The molecule has 0 unspecified atom stereocenters. The van der Waals surface area contributed by atoms with Crippen LogP contribution in [-0.4, -0.2) is 13.2 Å². The maximum absolute atomic E-state index is 13.0. The summed E-state index contributed by atoms with van der Waals surface area (Å²) in [5.41, 5.74) is 1.87. The molecule has 0 aromatic heterocycles. The van der Waals surface area contributed by atoms with Gasteiger partial charge < -0.3 is 14.8 Å². The highest BCUT2D eigenvalue weighted by Crippen LogP contribution is 2.34. The normalized spacial score (nSPS) is 10.8. The van der Waals surface area contributed by atoms with Gasteiger partial charge in [0.2, 0.25) is 0 Å². The minimum absolute atomic E-state index is 0.261. The fourth-order valence-electron chi connectivity index (χ4n) is 2.56. The van der Waals surface area contributed by atoms with Crippen molar-refractivity contribution in [3.8, 4) is 11.5 Å². The lowest BCUT2D eigenvalue weighted by Crippen LogP contribution is -2.15. The van der Waals surface area contributed by atoms with E-state index in [-0.39, 0.29) is 5.82 Å². The topological polar surface area (TPSA) is 30.5 Å². The van der Waals surface area contributed by atoms with Crippen LogP contribution in [0.4, 0.5) is 4.39 Å². The number of halogens is 2. The molecule has 0 atom stereocenters. The summed E-state index contributed by atoms with van der Waals surface area (Å²) in [6, 6.07) is 9.96. The average molecular weight is 380 g/mol. The molecule has 2 aromatic rings. The van der Waals surface area contributed by atoms with Crippen LogP contribution < -0.4 is 14.8 Å². The Bertz CT molecular complexity index is 676. The fourth-order valence-corrected chi connectivity index (χ4v) is 2.78. The van der Waals surface area contributed by atoms with Crippen LogP contribution >= 0.6 is 11.6 Å². The summed E-state index contributed by atoms with van der Waals surface area (Å²) >= 11 is 6.42. The van der Waals surface area contributed by atoms with Gasteiger partial charge in [0.25, 0.3) is 0 Å². The van der Waals surface area contributed by atoms with Crippen molar-refractivity contribution in [3.63, 3.8) is 0 Å². The van der Waals surface area contributed by atoms with E-state index in [1.165, 1.54) is 25.0 Å². The average Bonchev–Trinajstić information content (AvgIpc) is 2.64. The SMILES string of the molecule is CCCCCNCc1cc(OCC)c(OCc2ccc(F)cc2)cc1Cl. The van der Waals surface area contributed by atoms with Crippen LogP contribution in [0.25, 0.3) is 0 Å². The van der Waals surface area contributed by atoms with E-state index in [2.05, 4.69) is 12.2 Å². The monoisotopic (exact) mass is 379 g/mol. The Morgan fingerprint density at radius 3 is 2.42 bits per heavy atom. The van der Waals surface area contributed by atoms with E-state index in [4.69, 9.17) is 21.1 Å². The van der Waals surface area contributed by atoms with E-state index in [0.29, 0.717) is 36.3 Å². The smallest absolute Gasteiger partial charge is 0.163 e. The molecule has 2 aromatic carbocycles. The van der Waals surface area contributed by atoms with Crippen LogP contribution in [0.1, 0.15) is 44.2 Å². The summed E-state index contributed by atoms with van der Waals surface area (Å²) in [4.78, 5) is 0. The molecule has 0 aliphatic carbocycles. The van der Waals surface area contributed by atoms with Crippen molar-refractivity contribution in [2.45, 2.75) is 46.3 Å². The molecule has 26 heavy (non-hydrogen) atoms. The second kappa shape index (κ2) is 11.0. The van der Waals surface area contributed by atoms with Crippen LogP contribution in [0, 0.1) is 5.82 Å². The van der Waals surface area contributed by atoms with E-state index in [0.717, 1.165) is 24.1 Å². The fraction of sp³-hybridized carbons (Fsp3) is 0.429. The molecule has 0 spiro atoms. The third-order valence-electron chi connectivity index (χ3n) is 3.99. The predicted molar refractivity (Wildman–Crippen MR) is 105 cm³/mol. The molecular weight excluding hydrogens is 353 g/mol. The van der Waals surface area contributed by atoms with Crippen molar-refractivity contribution in [1.29, 1.82) is 0 Å². The highest BCUT2D eigenvalue weighted by Gasteiger charge is 2.11. The molecule has 0 heterocycles. The molecular formula is C21H27ClFNO2. The summed E-state index contributed by atoms with van der Waals surface area (Å²) < 4.78 is 24.6. The lowest BCUT2D eigenvalue weighted by molar-refractivity contribution is 0.269. The van der Waals surface area contributed by atoms with Gasteiger partial charge in [-0.25, -0.2) is 4.39 Å². The number of hydrogen-bond donors (Lipinski definition) is 1. The number of benzene rings is 2. The molecule has 0 amide bonds. The zero-order valence-electron chi connectivity index (χ0n) is 15.5. The molecule has 1 N–H and O–H groups in total. The molecule has 0 fully saturated rings. The molecule has 0 radical (unpaired) electrons. The zero-order chi connectivity index (χ0) is 18.8. The summed E-state index contributed by atoms with van der Waals surface area (Å²) in [6.45, 7) is 6.65. The highest BCUT2D eigenvalue weighted by atomic mass is 35.5. The first-order chi connectivity index (χ1) is 12.6. The molecule has 0 saturated carbocycles. The molecule has 142 valence electrons. The summed E-state index contributed by atoms with van der Waals surface area (Å²) in [5.74, 6) is 1.00. The summed E-state index contributed by atoms with van der Waals surface area (Å²) in [5, 5.41) is 4.06. The van der Waals surface area contributed by atoms with Crippen molar-refractivity contribution in [1.82, 2.24) is 5.32 Å². The van der Waals surface area contributed by atoms with Crippen LogP contribution in [-0.2, 0) is 13.2 Å². The van der Waals surface area contributed by atoms with Gasteiger partial charge in [0.15, 0.2) is 11.5 Å². The molecule has 3 nitrogen and oxygen atoms in total. The third kappa shape index (κ3) is 6.50. The first-order valence-corrected chi connectivity index (χ1v) is 9.55. The van der Waals surface area contributed by atoms with Crippen molar-refractivity contribution < 1.29 is 13.9 Å².